The summed E-state index contributed by atoms with van der Waals surface area (Å²) in [6.07, 6.45) is 0. The Morgan fingerprint density at radius 3 is 2.41 bits per heavy atom. The van der Waals surface area contributed by atoms with Gasteiger partial charge in [-0.25, -0.2) is 13.1 Å². The van der Waals surface area contributed by atoms with E-state index in [-0.39, 0.29) is 17.0 Å². The van der Waals surface area contributed by atoms with Gasteiger partial charge in [0.05, 0.1) is 24.2 Å². The van der Waals surface area contributed by atoms with Gasteiger partial charge in [-0.2, -0.15) is 0 Å². The third-order valence-electron chi connectivity index (χ3n) is 4.83. The number of sulfonamides is 1. The van der Waals surface area contributed by atoms with Crippen LogP contribution in [-0.4, -0.2) is 45.7 Å². The molecule has 0 saturated carbocycles. The molecule has 0 bridgehead atoms. The number of nitrogens with zero attached hydrogens (tertiary/aromatic N) is 1. The van der Waals surface area contributed by atoms with E-state index < -0.39 is 10.0 Å². The highest BCUT2D eigenvalue weighted by Crippen LogP contribution is 2.27. The fraction of sp³-hybridized carbons (Fsp3) is 0.400. The second-order valence-corrected chi connectivity index (χ2v) is 9.39. The van der Waals surface area contributed by atoms with Crippen molar-refractivity contribution >= 4 is 26.0 Å². The highest BCUT2D eigenvalue weighted by molar-refractivity contribution is 9.10. The van der Waals surface area contributed by atoms with Gasteiger partial charge in [-0.1, -0.05) is 46.3 Å². The van der Waals surface area contributed by atoms with E-state index in [4.69, 9.17) is 4.74 Å². The zero-order chi connectivity index (χ0) is 19.4. The van der Waals surface area contributed by atoms with Crippen molar-refractivity contribution in [2.45, 2.75) is 30.8 Å². The Hall–Kier alpha value is -1.25. The second-order valence-electron chi connectivity index (χ2n) is 6.82. The quantitative estimate of drug-likeness (QED) is 0.728. The first-order valence-electron chi connectivity index (χ1n) is 9.04. The lowest BCUT2D eigenvalue weighted by atomic mass is 9.99. The monoisotopic (exact) mass is 452 g/mol. The number of hydrogen-bond donors (Lipinski definition) is 1. The zero-order valence-electron chi connectivity index (χ0n) is 15.6. The molecule has 0 amide bonds. The number of rotatable bonds is 6. The normalized spacial score (nSPS) is 18.2. The molecule has 1 aliphatic rings. The summed E-state index contributed by atoms with van der Waals surface area (Å²) >= 11 is 3.42. The molecule has 5 nitrogen and oxygen atoms in total. The van der Waals surface area contributed by atoms with Crippen LogP contribution in [0.15, 0.2) is 57.9 Å². The molecule has 3 rings (SSSR count). The van der Waals surface area contributed by atoms with Gasteiger partial charge in [0.2, 0.25) is 10.0 Å². The van der Waals surface area contributed by atoms with Crippen molar-refractivity contribution in [3.05, 3.63) is 64.1 Å². The van der Waals surface area contributed by atoms with Gasteiger partial charge in [-0.3, -0.25) is 4.90 Å². The molecule has 2 atom stereocenters. The highest BCUT2D eigenvalue weighted by atomic mass is 79.9. The van der Waals surface area contributed by atoms with Crippen molar-refractivity contribution < 1.29 is 13.2 Å². The van der Waals surface area contributed by atoms with Crippen LogP contribution in [0, 0.1) is 6.92 Å². The van der Waals surface area contributed by atoms with Crippen molar-refractivity contribution in [3.63, 3.8) is 0 Å². The van der Waals surface area contributed by atoms with Gasteiger partial charge in [-0.05, 0) is 43.2 Å². The first-order chi connectivity index (χ1) is 12.9. The molecule has 1 heterocycles. The van der Waals surface area contributed by atoms with Crippen LogP contribution in [0.1, 0.15) is 24.1 Å². The Labute approximate surface area is 169 Å². The van der Waals surface area contributed by atoms with Gasteiger partial charge in [0.25, 0.3) is 0 Å². The summed E-state index contributed by atoms with van der Waals surface area (Å²) < 4.78 is 35.2. The minimum atomic E-state index is -3.62. The van der Waals surface area contributed by atoms with Gasteiger partial charge in [-0.15, -0.1) is 0 Å². The molecule has 7 heteroatoms. The van der Waals surface area contributed by atoms with Crippen LogP contribution in [0.5, 0.6) is 0 Å². The summed E-state index contributed by atoms with van der Waals surface area (Å²) in [5, 5.41) is 0. The number of aryl methyl sites for hydroxylation is 1. The second kappa shape index (κ2) is 8.84. The van der Waals surface area contributed by atoms with E-state index in [9.17, 15) is 8.42 Å². The van der Waals surface area contributed by atoms with E-state index in [1.54, 1.807) is 18.2 Å². The van der Waals surface area contributed by atoms with Crippen LogP contribution < -0.4 is 4.72 Å². The summed E-state index contributed by atoms with van der Waals surface area (Å²) in [7, 11) is -3.62. The summed E-state index contributed by atoms with van der Waals surface area (Å²) in [5.74, 6) is 0. The SMILES string of the molecule is Cc1cc(S(=O)(=O)N[C@H](C)[C@@H](c2ccccc2)N2CCOCC2)ccc1Br. The lowest BCUT2D eigenvalue weighted by molar-refractivity contribution is 0.0105. The lowest BCUT2D eigenvalue weighted by Gasteiger charge is -2.38. The van der Waals surface area contributed by atoms with E-state index in [0.717, 1.165) is 28.7 Å². The minimum absolute atomic E-state index is 0.0542. The summed E-state index contributed by atoms with van der Waals surface area (Å²) in [5.41, 5.74) is 1.99. The van der Waals surface area contributed by atoms with E-state index >= 15 is 0 Å². The first-order valence-corrected chi connectivity index (χ1v) is 11.3. The van der Waals surface area contributed by atoms with Gasteiger partial charge in [0.15, 0.2) is 0 Å². The Balaban J connectivity index is 1.87. The lowest BCUT2D eigenvalue weighted by Crippen LogP contribution is -2.48. The van der Waals surface area contributed by atoms with Crippen molar-refractivity contribution in [1.29, 1.82) is 0 Å². The van der Waals surface area contributed by atoms with Crippen LogP contribution in [-0.2, 0) is 14.8 Å². The summed E-state index contributed by atoms with van der Waals surface area (Å²) in [4.78, 5) is 2.57. The van der Waals surface area contributed by atoms with Gasteiger partial charge in [0.1, 0.15) is 0 Å². The van der Waals surface area contributed by atoms with Crippen LogP contribution in [0.2, 0.25) is 0 Å². The van der Waals surface area contributed by atoms with Crippen molar-refractivity contribution in [1.82, 2.24) is 9.62 Å². The predicted octanol–water partition coefficient (Wildman–Crippen LogP) is 3.50. The average molecular weight is 453 g/mol. The summed E-state index contributed by atoms with van der Waals surface area (Å²) in [6, 6.07) is 14.8. The standard InChI is InChI=1S/C20H25BrN2O3S/c1-15-14-18(8-9-19(15)21)27(24,25)22-16(2)20(17-6-4-3-5-7-17)23-10-12-26-13-11-23/h3-9,14,16,20,22H,10-13H2,1-2H3/t16-,20+/m1/s1. The predicted molar refractivity (Wildman–Crippen MR) is 110 cm³/mol. The molecule has 0 spiro atoms. The smallest absolute Gasteiger partial charge is 0.240 e. The first kappa shape index (κ1) is 20.5. The van der Waals surface area contributed by atoms with E-state index in [2.05, 4.69) is 37.7 Å². The van der Waals surface area contributed by atoms with Crippen LogP contribution in [0.3, 0.4) is 0 Å². The number of hydrogen-bond acceptors (Lipinski definition) is 4. The molecule has 1 fully saturated rings. The van der Waals surface area contributed by atoms with Crippen molar-refractivity contribution in [3.8, 4) is 0 Å². The number of ether oxygens (including phenoxy) is 1. The topological polar surface area (TPSA) is 58.6 Å². The van der Waals surface area contributed by atoms with Gasteiger partial charge < -0.3 is 4.74 Å². The molecule has 1 aliphatic heterocycles. The molecule has 2 aromatic rings. The molecule has 146 valence electrons. The van der Waals surface area contributed by atoms with Crippen LogP contribution >= 0.6 is 15.9 Å². The maximum atomic E-state index is 13.0. The van der Waals surface area contributed by atoms with Crippen LogP contribution in [0.4, 0.5) is 0 Å². The Morgan fingerprint density at radius 1 is 1.11 bits per heavy atom. The molecule has 1 saturated heterocycles. The number of nitrogens with one attached hydrogen (secondary N) is 1. The maximum Gasteiger partial charge on any atom is 0.240 e. The minimum Gasteiger partial charge on any atom is -0.379 e. The molecule has 0 unspecified atom stereocenters. The summed E-state index contributed by atoms with van der Waals surface area (Å²) in [6.45, 7) is 6.69. The molecule has 1 N–H and O–H groups in total. The Morgan fingerprint density at radius 2 is 1.78 bits per heavy atom. The van der Waals surface area contributed by atoms with E-state index in [0.29, 0.717) is 13.2 Å². The number of benzene rings is 2. The van der Waals surface area contributed by atoms with Crippen molar-refractivity contribution in [2.75, 3.05) is 26.3 Å². The van der Waals surface area contributed by atoms with E-state index in [1.807, 2.05) is 32.0 Å². The number of morpholine rings is 1. The van der Waals surface area contributed by atoms with Crippen LogP contribution in [0.25, 0.3) is 0 Å². The molecule has 0 aliphatic carbocycles. The molecular formula is C20H25BrN2O3S. The highest BCUT2D eigenvalue weighted by Gasteiger charge is 2.30. The molecular weight excluding hydrogens is 428 g/mol. The fourth-order valence-electron chi connectivity index (χ4n) is 3.48. The fourth-order valence-corrected chi connectivity index (χ4v) is 5.06. The molecule has 27 heavy (non-hydrogen) atoms. The van der Waals surface area contributed by atoms with Crippen molar-refractivity contribution in [2.24, 2.45) is 0 Å². The largest absolute Gasteiger partial charge is 0.379 e. The molecule has 0 aromatic heterocycles. The van der Waals surface area contributed by atoms with E-state index in [1.165, 1.54) is 0 Å². The Kier molecular flexibility index (Phi) is 6.70. The molecule has 2 aromatic carbocycles. The zero-order valence-corrected chi connectivity index (χ0v) is 18.0. The maximum absolute atomic E-state index is 13.0. The third-order valence-corrected chi connectivity index (χ3v) is 7.28. The Bertz CT molecular complexity index is 868. The third kappa shape index (κ3) is 4.97. The van der Waals surface area contributed by atoms with Gasteiger partial charge in [0, 0.05) is 23.6 Å². The van der Waals surface area contributed by atoms with Gasteiger partial charge >= 0.3 is 0 Å². The molecule has 0 radical (unpaired) electrons. The average Bonchev–Trinajstić information content (AvgIpc) is 2.65. The number of halogens is 1.